The van der Waals surface area contributed by atoms with E-state index in [4.69, 9.17) is 0 Å². The molecule has 1 unspecified atom stereocenters. The van der Waals surface area contributed by atoms with Crippen molar-refractivity contribution in [2.45, 2.75) is 58.5 Å². The van der Waals surface area contributed by atoms with Gasteiger partial charge < -0.3 is 9.80 Å². The molecule has 6 heteroatoms. The van der Waals surface area contributed by atoms with Crippen molar-refractivity contribution >= 4 is 17.2 Å². The van der Waals surface area contributed by atoms with Crippen LogP contribution < -0.4 is 0 Å². The molecule has 0 N–H and O–H groups in total. The summed E-state index contributed by atoms with van der Waals surface area (Å²) in [4.78, 5) is 25.2. The summed E-state index contributed by atoms with van der Waals surface area (Å²) < 4.78 is 0. The van der Waals surface area contributed by atoms with Crippen LogP contribution in [0.3, 0.4) is 0 Å². The Morgan fingerprint density at radius 1 is 1.24 bits per heavy atom. The van der Waals surface area contributed by atoms with E-state index in [-0.39, 0.29) is 5.91 Å². The van der Waals surface area contributed by atoms with Gasteiger partial charge in [0.05, 0.1) is 11.2 Å². The molecule has 1 aromatic rings. The van der Waals surface area contributed by atoms with Crippen LogP contribution >= 0.6 is 11.3 Å². The summed E-state index contributed by atoms with van der Waals surface area (Å²) in [6.07, 6.45) is 6.30. The average molecular weight is 365 g/mol. The van der Waals surface area contributed by atoms with E-state index in [0.29, 0.717) is 6.04 Å². The molecule has 0 aromatic carbocycles. The zero-order valence-corrected chi connectivity index (χ0v) is 16.6. The minimum atomic E-state index is 0.234. The van der Waals surface area contributed by atoms with Crippen molar-refractivity contribution < 1.29 is 4.79 Å². The molecule has 0 spiro atoms. The number of rotatable bonds is 6. The molecule has 2 fully saturated rings. The minimum Gasteiger partial charge on any atom is -0.337 e. The first-order valence-corrected chi connectivity index (χ1v) is 10.6. The van der Waals surface area contributed by atoms with Crippen LogP contribution in [-0.4, -0.2) is 70.9 Å². The second kappa shape index (κ2) is 9.10. The first-order valence-electron chi connectivity index (χ1n) is 9.74. The largest absolute Gasteiger partial charge is 0.337 e. The van der Waals surface area contributed by atoms with Crippen molar-refractivity contribution in [2.24, 2.45) is 0 Å². The molecule has 2 aliphatic rings. The van der Waals surface area contributed by atoms with Crippen LogP contribution in [0.4, 0.5) is 0 Å². The van der Waals surface area contributed by atoms with Crippen LogP contribution in [0, 0.1) is 6.92 Å². The van der Waals surface area contributed by atoms with E-state index in [1.807, 2.05) is 5.51 Å². The summed E-state index contributed by atoms with van der Waals surface area (Å²) in [5, 5.41) is 0. The van der Waals surface area contributed by atoms with Crippen LogP contribution in [0.1, 0.15) is 49.6 Å². The van der Waals surface area contributed by atoms with E-state index < -0.39 is 0 Å². The molecule has 25 heavy (non-hydrogen) atoms. The summed E-state index contributed by atoms with van der Waals surface area (Å²) in [6, 6.07) is 0.365. The normalized spacial score (nSPS) is 22.9. The fraction of sp³-hybridized carbons (Fsp3) is 0.789. The number of thiazole rings is 1. The van der Waals surface area contributed by atoms with Gasteiger partial charge in [0, 0.05) is 44.0 Å². The zero-order chi connectivity index (χ0) is 17.6. The lowest BCUT2D eigenvalue weighted by Crippen LogP contribution is -2.51. The smallest absolute Gasteiger partial charge is 0.219 e. The van der Waals surface area contributed by atoms with Crippen molar-refractivity contribution in [1.29, 1.82) is 0 Å². The molecule has 1 atom stereocenters. The molecular weight excluding hydrogens is 332 g/mol. The Hall–Kier alpha value is -0.980. The highest BCUT2D eigenvalue weighted by atomic mass is 32.1. The van der Waals surface area contributed by atoms with Crippen molar-refractivity contribution in [3.63, 3.8) is 0 Å². The molecule has 1 amide bonds. The Morgan fingerprint density at radius 3 is 2.68 bits per heavy atom. The van der Waals surface area contributed by atoms with Gasteiger partial charge >= 0.3 is 0 Å². The van der Waals surface area contributed by atoms with Crippen molar-refractivity contribution in [1.82, 2.24) is 19.7 Å². The lowest BCUT2D eigenvalue weighted by Gasteiger charge is -2.40. The maximum atomic E-state index is 12.3. The summed E-state index contributed by atoms with van der Waals surface area (Å²) in [6.45, 7) is 11.3. The quantitative estimate of drug-likeness (QED) is 0.778. The fourth-order valence-corrected chi connectivity index (χ4v) is 4.96. The van der Waals surface area contributed by atoms with Crippen LogP contribution in [0.15, 0.2) is 5.51 Å². The lowest BCUT2D eigenvalue weighted by molar-refractivity contribution is -0.132. The first-order chi connectivity index (χ1) is 12.1. The van der Waals surface area contributed by atoms with E-state index in [2.05, 4.69) is 26.6 Å². The van der Waals surface area contributed by atoms with E-state index in [1.165, 1.54) is 43.6 Å². The molecule has 3 heterocycles. The number of nitrogens with zero attached hydrogens (tertiary/aromatic N) is 4. The zero-order valence-electron chi connectivity index (χ0n) is 15.7. The van der Waals surface area contributed by atoms with Crippen LogP contribution in [0.2, 0.25) is 0 Å². The van der Waals surface area contributed by atoms with Gasteiger partial charge in [0.15, 0.2) is 0 Å². The molecular formula is C19H32N4OS. The highest BCUT2D eigenvalue weighted by Crippen LogP contribution is 2.21. The Morgan fingerprint density at radius 2 is 2.00 bits per heavy atom. The maximum absolute atomic E-state index is 12.3. The third-order valence-corrected chi connectivity index (χ3v) is 6.56. The van der Waals surface area contributed by atoms with E-state index in [0.717, 1.165) is 44.8 Å². The number of likely N-dealkylation sites (tertiary alicyclic amines) is 2. The van der Waals surface area contributed by atoms with Gasteiger partial charge in [-0.2, -0.15) is 0 Å². The molecule has 0 radical (unpaired) electrons. The minimum absolute atomic E-state index is 0.234. The van der Waals surface area contributed by atoms with Gasteiger partial charge in [0.2, 0.25) is 5.91 Å². The van der Waals surface area contributed by atoms with Gasteiger partial charge in [-0.3, -0.25) is 9.69 Å². The predicted molar refractivity (Wildman–Crippen MR) is 103 cm³/mol. The standard InChI is InChI=1S/C19H32N4OS/c1-16-19(25-15-20-16)14-22-10-6-7-18(13-22)23(17(2)24)12-11-21-8-4-3-5-9-21/h15,18H,3-14H2,1-2H3. The number of aromatic nitrogens is 1. The summed E-state index contributed by atoms with van der Waals surface area (Å²) in [5.41, 5.74) is 3.09. The highest BCUT2D eigenvalue weighted by Gasteiger charge is 2.27. The Balaban J connectivity index is 1.54. The molecule has 0 aliphatic carbocycles. The number of carbonyl (C=O) groups is 1. The van der Waals surface area contributed by atoms with E-state index in [1.54, 1.807) is 18.3 Å². The Labute approximate surface area is 156 Å². The SMILES string of the molecule is CC(=O)N(CCN1CCCCC1)C1CCCN(Cc2scnc2C)C1. The van der Waals surface area contributed by atoms with Crippen molar-refractivity contribution in [2.75, 3.05) is 39.3 Å². The molecule has 1 aromatic heterocycles. The molecule has 140 valence electrons. The van der Waals surface area contributed by atoms with E-state index >= 15 is 0 Å². The number of amides is 1. The fourth-order valence-electron chi connectivity index (χ4n) is 4.14. The summed E-state index contributed by atoms with van der Waals surface area (Å²) >= 11 is 1.75. The monoisotopic (exact) mass is 364 g/mol. The molecule has 0 bridgehead atoms. The summed E-state index contributed by atoms with van der Waals surface area (Å²) in [7, 11) is 0. The van der Waals surface area contributed by atoms with E-state index in [9.17, 15) is 4.79 Å². The van der Waals surface area contributed by atoms with Gasteiger partial charge in [-0.1, -0.05) is 6.42 Å². The predicted octanol–water partition coefficient (Wildman–Crippen LogP) is 2.75. The van der Waals surface area contributed by atoms with Crippen LogP contribution in [0.25, 0.3) is 0 Å². The topological polar surface area (TPSA) is 39.7 Å². The maximum Gasteiger partial charge on any atom is 0.219 e. The number of hydrogen-bond acceptors (Lipinski definition) is 5. The number of piperidine rings is 2. The second-order valence-corrected chi connectivity index (χ2v) is 8.45. The second-order valence-electron chi connectivity index (χ2n) is 7.51. The Bertz CT molecular complexity index is 555. The molecule has 0 saturated carbocycles. The van der Waals surface area contributed by atoms with Crippen molar-refractivity contribution in [3.8, 4) is 0 Å². The average Bonchev–Trinajstić information content (AvgIpc) is 3.01. The molecule has 3 rings (SSSR count). The molecule has 2 saturated heterocycles. The van der Waals surface area contributed by atoms with Gasteiger partial charge in [-0.15, -0.1) is 11.3 Å². The molecule has 5 nitrogen and oxygen atoms in total. The summed E-state index contributed by atoms with van der Waals surface area (Å²) in [5.74, 6) is 0.234. The lowest BCUT2D eigenvalue weighted by atomic mass is 10.0. The third kappa shape index (κ3) is 5.25. The number of hydrogen-bond donors (Lipinski definition) is 0. The van der Waals surface area contributed by atoms with Crippen LogP contribution in [-0.2, 0) is 11.3 Å². The van der Waals surface area contributed by atoms with Gasteiger partial charge in [-0.05, 0) is 52.2 Å². The van der Waals surface area contributed by atoms with Crippen molar-refractivity contribution in [3.05, 3.63) is 16.1 Å². The van der Waals surface area contributed by atoms with Gasteiger partial charge in [0.25, 0.3) is 0 Å². The number of aryl methyl sites for hydroxylation is 1. The number of carbonyl (C=O) groups excluding carboxylic acids is 1. The van der Waals surface area contributed by atoms with Gasteiger partial charge in [0.1, 0.15) is 0 Å². The highest BCUT2D eigenvalue weighted by molar-refractivity contribution is 7.09. The third-order valence-electron chi connectivity index (χ3n) is 5.64. The first kappa shape index (κ1) is 18.8. The molecule has 2 aliphatic heterocycles. The van der Waals surface area contributed by atoms with Gasteiger partial charge in [-0.25, -0.2) is 4.98 Å². The Kier molecular flexibility index (Phi) is 6.84. The van der Waals surface area contributed by atoms with Crippen LogP contribution in [0.5, 0.6) is 0 Å².